The smallest absolute Gasteiger partial charge is 0.306 e. The van der Waals surface area contributed by atoms with Crippen molar-refractivity contribution >= 4 is 5.97 Å². The summed E-state index contributed by atoms with van der Waals surface area (Å²) in [5.41, 5.74) is 0. The summed E-state index contributed by atoms with van der Waals surface area (Å²) < 4.78 is 5.18. The Hall–Kier alpha value is -0.530. The molecular weight excluding hydrogens is 152 g/mol. The van der Waals surface area contributed by atoms with Gasteiger partial charge in [-0.15, -0.1) is 0 Å². The summed E-state index contributed by atoms with van der Waals surface area (Å²) in [7, 11) is 0. The summed E-state index contributed by atoms with van der Waals surface area (Å²) >= 11 is 0. The number of carbonyl (C=O) groups excluding carboxylic acids is 1. The van der Waals surface area contributed by atoms with Crippen molar-refractivity contribution in [2.75, 3.05) is 0 Å². The van der Waals surface area contributed by atoms with E-state index in [9.17, 15) is 4.79 Å². The standard InChI is InChI=1S/C10H20O2/c1-7(2)6-10(11)12-9(5)8(3)4/h7-9H,6H2,1-5H3. The van der Waals surface area contributed by atoms with Crippen LogP contribution in [-0.4, -0.2) is 12.1 Å². The van der Waals surface area contributed by atoms with Crippen LogP contribution in [0.2, 0.25) is 0 Å². The number of hydrogen-bond acceptors (Lipinski definition) is 2. The van der Waals surface area contributed by atoms with Crippen molar-refractivity contribution in [3.63, 3.8) is 0 Å². The second kappa shape index (κ2) is 5.18. The molecule has 0 heterocycles. The summed E-state index contributed by atoms with van der Waals surface area (Å²) in [6.07, 6.45) is 0.563. The van der Waals surface area contributed by atoms with Crippen LogP contribution in [0, 0.1) is 11.8 Å². The van der Waals surface area contributed by atoms with Crippen LogP contribution in [0.25, 0.3) is 0 Å². The van der Waals surface area contributed by atoms with Gasteiger partial charge in [-0.1, -0.05) is 27.7 Å². The second-order valence-electron chi connectivity index (χ2n) is 4.04. The van der Waals surface area contributed by atoms with Gasteiger partial charge in [0.25, 0.3) is 0 Å². The van der Waals surface area contributed by atoms with E-state index in [1.54, 1.807) is 0 Å². The Morgan fingerprint density at radius 1 is 1.17 bits per heavy atom. The molecule has 72 valence electrons. The fourth-order valence-corrected chi connectivity index (χ4v) is 0.725. The lowest BCUT2D eigenvalue weighted by Gasteiger charge is -2.17. The second-order valence-corrected chi connectivity index (χ2v) is 4.04. The summed E-state index contributed by atoms with van der Waals surface area (Å²) in [5.74, 6) is 0.712. The maximum absolute atomic E-state index is 11.1. The van der Waals surface area contributed by atoms with Gasteiger partial charge in [-0.25, -0.2) is 0 Å². The van der Waals surface area contributed by atoms with Crippen molar-refractivity contribution in [2.45, 2.75) is 47.1 Å². The molecule has 12 heavy (non-hydrogen) atoms. The number of rotatable bonds is 4. The van der Waals surface area contributed by atoms with E-state index in [1.807, 2.05) is 34.6 Å². The molecule has 2 nitrogen and oxygen atoms in total. The largest absolute Gasteiger partial charge is 0.462 e. The van der Waals surface area contributed by atoms with E-state index in [0.29, 0.717) is 18.3 Å². The zero-order valence-corrected chi connectivity index (χ0v) is 8.76. The van der Waals surface area contributed by atoms with Gasteiger partial charge < -0.3 is 4.74 Å². The maximum Gasteiger partial charge on any atom is 0.306 e. The summed E-state index contributed by atoms with van der Waals surface area (Å²) in [4.78, 5) is 11.1. The third kappa shape index (κ3) is 5.16. The normalized spacial score (nSPS) is 13.6. The van der Waals surface area contributed by atoms with Crippen LogP contribution in [0.15, 0.2) is 0 Å². The van der Waals surface area contributed by atoms with Gasteiger partial charge in [-0.05, 0) is 18.8 Å². The lowest BCUT2D eigenvalue weighted by atomic mass is 10.1. The molecule has 0 aromatic heterocycles. The Balaban J connectivity index is 3.69. The average Bonchev–Trinajstić information content (AvgIpc) is 1.84. The number of carbonyl (C=O) groups is 1. The monoisotopic (exact) mass is 172 g/mol. The van der Waals surface area contributed by atoms with Crippen molar-refractivity contribution in [3.8, 4) is 0 Å². The molecule has 0 rings (SSSR count). The fraction of sp³-hybridized carbons (Fsp3) is 0.900. The SMILES string of the molecule is CC(C)CC(=O)OC(C)C(C)C. The van der Waals surface area contributed by atoms with E-state index in [4.69, 9.17) is 4.74 Å². The lowest BCUT2D eigenvalue weighted by Crippen LogP contribution is -2.20. The van der Waals surface area contributed by atoms with Crippen LogP contribution in [0.1, 0.15) is 41.0 Å². The zero-order chi connectivity index (χ0) is 9.72. The van der Waals surface area contributed by atoms with E-state index in [-0.39, 0.29) is 12.1 Å². The first-order valence-electron chi connectivity index (χ1n) is 4.63. The van der Waals surface area contributed by atoms with E-state index < -0.39 is 0 Å². The Labute approximate surface area is 75.3 Å². The van der Waals surface area contributed by atoms with Gasteiger partial charge in [0, 0.05) is 6.42 Å². The van der Waals surface area contributed by atoms with Gasteiger partial charge in [0.1, 0.15) is 6.10 Å². The lowest BCUT2D eigenvalue weighted by molar-refractivity contribution is -0.151. The molecule has 0 saturated heterocycles. The summed E-state index contributed by atoms with van der Waals surface area (Å²) in [6.45, 7) is 10.1. The van der Waals surface area contributed by atoms with Crippen LogP contribution in [0.4, 0.5) is 0 Å². The first-order valence-corrected chi connectivity index (χ1v) is 4.63. The third-order valence-corrected chi connectivity index (χ3v) is 1.83. The van der Waals surface area contributed by atoms with E-state index in [0.717, 1.165) is 0 Å². The molecular formula is C10H20O2. The quantitative estimate of drug-likeness (QED) is 0.609. The minimum absolute atomic E-state index is 0.0382. The van der Waals surface area contributed by atoms with Crippen molar-refractivity contribution in [2.24, 2.45) is 11.8 Å². The van der Waals surface area contributed by atoms with Crippen molar-refractivity contribution < 1.29 is 9.53 Å². The van der Waals surface area contributed by atoms with Crippen LogP contribution in [-0.2, 0) is 9.53 Å². The van der Waals surface area contributed by atoms with Gasteiger partial charge in [0.05, 0.1) is 0 Å². The van der Waals surface area contributed by atoms with Gasteiger partial charge in [0.15, 0.2) is 0 Å². The van der Waals surface area contributed by atoms with Crippen molar-refractivity contribution in [1.29, 1.82) is 0 Å². The number of ether oxygens (including phenoxy) is 1. The number of esters is 1. The highest BCUT2D eigenvalue weighted by molar-refractivity contribution is 5.69. The maximum atomic E-state index is 11.1. The van der Waals surface area contributed by atoms with E-state index >= 15 is 0 Å². The van der Waals surface area contributed by atoms with Gasteiger partial charge in [-0.2, -0.15) is 0 Å². The van der Waals surface area contributed by atoms with Crippen LogP contribution < -0.4 is 0 Å². The van der Waals surface area contributed by atoms with Crippen LogP contribution in [0.5, 0.6) is 0 Å². The molecule has 1 atom stereocenters. The molecule has 0 aliphatic rings. The minimum atomic E-state index is -0.0776. The summed E-state index contributed by atoms with van der Waals surface area (Å²) in [6, 6.07) is 0. The molecule has 0 saturated carbocycles. The Kier molecular flexibility index (Phi) is 4.95. The average molecular weight is 172 g/mol. The van der Waals surface area contributed by atoms with Crippen LogP contribution >= 0.6 is 0 Å². The molecule has 0 aromatic rings. The zero-order valence-electron chi connectivity index (χ0n) is 8.76. The highest BCUT2D eigenvalue weighted by Gasteiger charge is 2.13. The molecule has 2 heteroatoms. The molecule has 0 aliphatic heterocycles. The molecule has 0 bridgehead atoms. The van der Waals surface area contributed by atoms with E-state index in [2.05, 4.69) is 0 Å². The molecule has 0 radical (unpaired) electrons. The van der Waals surface area contributed by atoms with E-state index in [1.165, 1.54) is 0 Å². The first kappa shape index (κ1) is 11.5. The summed E-state index contributed by atoms with van der Waals surface area (Å²) in [5, 5.41) is 0. The van der Waals surface area contributed by atoms with Crippen LogP contribution in [0.3, 0.4) is 0 Å². The molecule has 0 spiro atoms. The van der Waals surface area contributed by atoms with Crippen molar-refractivity contribution in [3.05, 3.63) is 0 Å². The molecule has 0 aromatic carbocycles. The Morgan fingerprint density at radius 2 is 1.67 bits per heavy atom. The third-order valence-electron chi connectivity index (χ3n) is 1.83. The topological polar surface area (TPSA) is 26.3 Å². The van der Waals surface area contributed by atoms with Gasteiger partial charge in [-0.3, -0.25) is 4.79 Å². The predicted molar refractivity (Wildman–Crippen MR) is 49.8 cm³/mol. The van der Waals surface area contributed by atoms with Gasteiger partial charge in [0.2, 0.25) is 0 Å². The van der Waals surface area contributed by atoms with Gasteiger partial charge >= 0.3 is 5.97 Å². The number of hydrogen-bond donors (Lipinski definition) is 0. The molecule has 0 N–H and O–H groups in total. The Morgan fingerprint density at radius 3 is 2.00 bits per heavy atom. The Bertz CT molecular complexity index is 139. The highest BCUT2D eigenvalue weighted by Crippen LogP contribution is 2.08. The fourth-order valence-electron chi connectivity index (χ4n) is 0.725. The predicted octanol–water partition coefficient (Wildman–Crippen LogP) is 2.62. The molecule has 0 aliphatic carbocycles. The highest BCUT2D eigenvalue weighted by atomic mass is 16.5. The van der Waals surface area contributed by atoms with Crippen molar-refractivity contribution in [1.82, 2.24) is 0 Å². The molecule has 0 amide bonds. The molecule has 0 fully saturated rings. The minimum Gasteiger partial charge on any atom is -0.462 e. The first-order chi connectivity index (χ1) is 5.43. The molecule has 1 unspecified atom stereocenters.